The zero-order valence-electron chi connectivity index (χ0n) is 10.5. The number of nitrogens with zero attached hydrogens (tertiary/aromatic N) is 1. The van der Waals surface area contributed by atoms with Gasteiger partial charge in [0.25, 0.3) is 0 Å². The predicted molar refractivity (Wildman–Crippen MR) is 67.4 cm³/mol. The second-order valence-electron chi connectivity index (χ2n) is 3.82. The van der Waals surface area contributed by atoms with Gasteiger partial charge in [-0.2, -0.15) is 5.26 Å². The van der Waals surface area contributed by atoms with Crippen LogP contribution in [-0.4, -0.2) is 28.7 Å². The highest BCUT2D eigenvalue weighted by Gasteiger charge is 2.20. The Morgan fingerprint density at radius 3 is 2.79 bits per heavy atom. The van der Waals surface area contributed by atoms with Crippen LogP contribution < -0.4 is 4.72 Å². The number of benzene rings is 1. The van der Waals surface area contributed by atoms with E-state index in [1.807, 2.05) is 0 Å². The van der Waals surface area contributed by atoms with E-state index in [1.165, 1.54) is 12.1 Å². The number of hydrogen-bond donors (Lipinski definition) is 1. The summed E-state index contributed by atoms with van der Waals surface area (Å²) in [6.45, 7) is 0.762. The third-order valence-corrected chi connectivity index (χ3v) is 3.95. The molecule has 0 saturated heterocycles. The second-order valence-corrected chi connectivity index (χ2v) is 5.56. The summed E-state index contributed by atoms with van der Waals surface area (Å²) >= 11 is 0. The Morgan fingerprint density at radius 2 is 2.16 bits per heavy atom. The number of unbranched alkanes of at least 4 members (excludes halogenated alkanes) is 1. The van der Waals surface area contributed by atoms with E-state index >= 15 is 0 Å². The SMILES string of the molecule is COCCCCNS(=O)(=O)c1cccc(F)c1C#N. The van der Waals surface area contributed by atoms with Crippen LogP contribution in [0.1, 0.15) is 18.4 Å². The summed E-state index contributed by atoms with van der Waals surface area (Å²) in [7, 11) is -2.30. The van der Waals surface area contributed by atoms with Crippen LogP contribution >= 0.6 is 0 Å². The molecule has 0 unspecified atom stereocenters. The van der Waals surface area contributed by atoms with Crippen molar-refractivity contribution < 1.29 is 17.5 Å². The summed E-state index contributed by atoms with van der Waals surface area (Å²) in [6.07, 6.45) is 1.32. The van der Waals surface area contributed by atoms with Crippen LogP contribution in [0, 0.1) is 17.1 Å². The molecule has 1 N–H and O–H groups in total. The van der Waals surface area contributed by atoms with E-state index < -0.39 is 21.4 Å². The third-order valence-electron chi connectivity index (χ3n) is 2.44. The molecule has 5 nitrogen and oxygen atoms in total. The van der Waals surface area contributed by atoms with Crippen LogP contribution in [0.3, 0.4) is 0 Å². The number of sulfonamides is 1. The predicted octanol–water partition coefficient (Wildman–Crippen LogP) is 1.40. The number of nitrogens with one attached hydrogen (secondary N) is 1. The van der Waals surface area contributed by atoms with Gasteiger partial charge in [-0.3, -0.25) is 0 Å². The molecule has 1 aromatic rings. The second kappa shape index (κ2) is 7.19. The van der Waals surface area contributed by atoms with Gasteiger partial charge in [0.2, 0.25) is 10.0 Å². The van der Waals surface area contributed by atoms with Crippen LogP contribution in [0.5, 0.6) is 0 Å². The monoisotopic (exact) mass is 286 g/mol. The van der Waals surface area contributed by atoms with Crippen molar-refractivity contribution in [3.8, 4) is 6.07 Å². The van der Waals surface area contributed by atoms with Gasteiger partial charge in [-0.1, -0.05) is 6.07 Å². The average molecular weight is 286 g/mol. The van der Waals surface area contributed by atoms with Gasteiger partial charge in [0, 0.05) is 20.3 Å². The Morgan fingerprint density at radius 1 is 1.42 bits per heavy atom. The van der Waals surface area contributed by atoms with Crippen molar-refractivity contribution in [2.24, 2.45) is 0 Å². The number of nitriles is 1. The largest absolute Gasteiger partial charge is 0.385 e. The normalized spacial score (nSPS) is 11.2. The maximum atomic E-state index is 13.3. The minimum Gasteiger partial charge on any atom is -0.385 e. The summed E-state index contributed by atoms with van der Waals surface area (Å²) in [5, 5.41) is 8.81. The van der Waals surface area contributed by atoms with E-state index in [9.17, 15) is 12.8 Å². The molecule has 0 aliphatic carbocycles. The maximum Gasteiger partial charge on any atom is 0.241 e. The molecule has 0 aromatic heterocycles. The van der Waals surface area contributed by atoms with E-state index in [4.69, 9.17) is 10.00 Å². The van der Waals surface area contributed by atoms with Crippen molar-refractivity contribution in [3.05, 3.63) is 29.6 Å². The molecule has 0 amide bonds. The first-order valence-corrected chi connectivity index (χ1v) is 7.18. The fraction of sp³-hybridized carbons (Fsp3) is 0.417. The minimum absolute atomic E-state index is 0.215. The van der Waals surface area contributed by atoms with Gasteiger partial charge in [-0.05, 0) is 25.0 Å². The Balaban J connectivity index is 2.79. The molecular formula is C12H15FN2O3S. The van der Waals surface area contributed by atoms with E-state index in [-0.39, 0.29) is 11.4 Å². The molecule has 19 heavy (non-hydrogen) atoms. The lowest BCUT2D eigenvalue weighted by Gasteiger charge is -2.08. The fourth-order valence-corrected chi connectivity index (χ4v) is 2.73. The van der Waals surface area contributed by atoms with Crippen molar-refractivity contribution in [3.63, 3.8) is 0 Å². The lowest BCUT2D eigenvalue weighted by atomic mass is 10.2. The highest BCUT2D eigenvalue weighted by atomic mass is 32.2. The van der Waals surface area contributed by atoms with Gasteiger partial charge in [0.1, 0.15) is 22.3 Å². The fourth-order valence-electron chi connectivity index (χ4n) is 1.49. The zero-order chi connectivity index (χ0) is 14.3. The molecule has 0 aliphatic rings. The first kappa shape index (κ1) is 15.6. The van der Waals surface area contributed by atoms with Crippen LogP contribution in [0.2, 0.25) is 0 Å². The molecular weight excluding hydrogens is 271 g/mol. The number of rotatable bonds is 7. The molecule has 1 aromatic carbocycles. The van der Waals surface area contributed by atoms with E-state index in [0.717, 1.165) is 6.07 Å². The summed E-state index contributed by atoms with van der Waals surface area (Å²) < 4.78 is 44.4. The van der Waals surface area contributed by atoms with Crippen LogP contribution in [0.25, 0.3) is 0 Å². The van der Waals surface area contributed by atoms with Crippen LogP contribution in [0.4, 0.5) is 4.39 Å². The van der Waals surface area contributed by atoms with Gasteiger partial charge in [0.05, 0.1) is 0 Å². The quantitative estimate of drug-likeness (QED) is 0.768. The Kier molecular flexibility index (Phi) is 5.89. The summed E-state index contributed by atoms with van der Waals surface area (Å²) in [4.78, 5) is -0.332. The molecule has 104 valence electrons. The van der Waals surface area contributed by atoms with Crippen molar-refractivity contribution in [1.82, 2.24) is 4.72 Å². The Labute approximate surface area is 112 Å². The van der Waals surface area contributed by atoms with Crippen molar-refractivity contribution >= 4 is 10.0 Å². The van der Waals surface area contributed by atoms with Crippen molar-refractivity contribution in [1.29, 1.82) is 5.26 Å². The van der Waals surface area contributed by atoms with E-state index in [1.54, 1.807) is 13.2 Å². The average Bonchev–Trinajstić information content (AvgIpc) is 2.38. The summed E-state index contributed by atoms with van der Waals surface area (Å²) in [5.41, 5.74) is -0.466. The first-order chi connectivity index (χ1) is 9.03. The van der Waals surface area contributed by atoms with Gasteiger partial charge in [-0.25, -0.2) is 17.5 Å². The van der Waals surface area contributed by atoms with Gasteiger partial charge < -0.3 is 4.74 Å². The van der Waals surface area contributed by atoms with Crippen molar-refractivity contribution in [2.75, 3.05) is 20.3 Å². The van der Waals surface area contributed by atoms with E-state index in [2.05, 4.69) is 4.72 Å². The highest BCUT2D eigenvalue weighted by Crippen LogP contribution is 2.17. The minimum atomic E-state index is -3.87. The molecule has 0 fully saturated rings. The Hall–Kier alpha value is -1.49. The standard InChI is InChI=1S/C12H15FN2O3S/c1-18-8-3-2-7-15-19(16,17)12-6-4-5-11(13)10(12)9-14/h4-6,15H,2-3,7-8H2,1H3. The molecule has 7 heteroatoms. The van der Waals surface area contributed by atoms with E-state index in [0.29, 0.717) is 19.4 Å². The molecule has 1 rings (SSSR count). The lowest BCUT2D eigenvalue weighted by Crippen LogP contribution is -2.26. The van der Waals surface area contributed by atoms with Gasteiger partial charge >= 0.3 is 0 Å². The number of methoxy groups -OCH3 is 1. The molecule has 0 aliphatic heterocycles. The molecule has 0 spiro atoms. The number of ether oxygens (including phenoxy) is 1. The first-order valence-electron chi connectivity index (χ1n) is 5.70. The Bertz CT molecular complexity index is 567. The lowest BCUT2D eigenvalue weighted by molar-refractivity contribution is 0.193. The molecule has 0 radical (unpaired) electrons. The third kappa shape index (κ3) is 4.28. The topological polar surface area (TPSA) is 79.2 Å². The number of hydrogen-bond acceptors (Lipinski definition) is 4. The van der Waals surface area contributed by atoms with Gasteiger partial charge in [0.15, 0.2) is 0 Å². The molecule has 0 bridgehead atoms. The maximum absolute atomic E-state index is 13.3. The smallest absolute Gasteiger partial charge is 0.241 e. The van der Waals surface area contributed by atoms with Crippen molar-refractivity contribution in [2.45, 2.75) is 17.7 Å². The zero-order valence-corrected chi connectivity index (χ0v) is 11.3. The molecule has 0 atom stereocenters. The number of halogens is 1. The van der Waals surface area contributed by atoms with Gasteiger partial charge in [-0.15, -0.1) is 0 Å². The molecule has 0 saturated carbocycles. The molecule has 0 heterocycles. The van der Waals surface area contributed by atoms with Crippen LogP contribution in [0.15, 0.2) is 23.1 Å². The summed E-state index contributed by atoms with van der Waals surface area (Å²) in [5.74, 6) is -0.843. The van der Waals surface area contributed by atoms with Crippen LogP contribution in [-0.2, 0) is 14.8 Å². The summed E-state index contributed by atoms with van der Waals surface area (Å²) in [6, 6.07) is 5.09. The highest BCUT2D eigenvalue weighted by molar-refractivity contribution is 7.89.